The largest absolute Gasteiger partial charge is 0.329 e. The van der Waals surface area contributed by atoms with Crippen LogP contribution in [0.15, 0.2) is 24.3 Å². The summed E-state index contributed by atoms with van der Waals surface area (Å²) in [7, 11) is 0. The van der Waals surface area contributed by atoms with Crippen molar-refractivity contribution in [1.82, 2.24) is 0 Å². The van der Waals surface area contributed by atoms with Crippen LogP contribution in [0, 0.1) is 0 Å². The maximum Gasteiger partial charge on any atom is 0.329 e. The minimum Gasteiger partial charge on any atom is -0.132 e. The van der Waals surface area contributed by atoms with E-state index in [4.69, 9.17) is 0 Å². The molecule has 0 amide bonds. The molecule has 0 aromatic heterocycles. The van der Waals surface area contributed by atoms with E-state index in [9.17, 15) is 0 Å². The quantitative estimate of drug-likeness (QED) is 0.697. The van der Waals surface area contributed by atoms with Crippen LogP contribution in [-0.4, -0.2) is 4.36 Å². The van der Waals surface area contributed by atoms with Crippen LogP contribution in [0.5, 0.6) is 0 Å². The summed E-state index contributed by atoms with van der Waals surface area (Å²) in [6.07, 6.45) is 0. The standard InChI is InChI=1S/C10H13BBr2/c1-10(2,3)8-4-6-9(7-5-8)11(12)13/h4-7H,1-3H3. The predicted octanol–water partition coefficient (Wildman–Crippen LogP) is 3.47. The minimum atomic E-state index is 0.243. The molecule has 0 nitrogen and oxygen atoms in total. The summed E-state index contributed by atoms with van der Waals surface area (Å²) in [5.41, 5.74) is 2.87. The Bertz CT molecular complexity index is 272. The maximum atomic E-state index is 3.47. The Kier molecular flexibility index (Phi) is 3.64. The summed E-state index contributed by atoms with van der Waals surface area (Å²) in [6.45, 7) is 6.67. The van der Waals surface area contributed by atoms with Gasteiger partial charge in [-0.05, 0) is 11.0 Å². The van der Waals surface area contributed by atoms with Crippen molar-refractivity contribution in [2.24, 2.45) is 0 Å². The van der Waals surface area contributed by atoms with E-state index < -0.39 is 0 Å². The van der Waals surface area contributed by atoms with Gasteiger partial charge in [-0.1, -0.05) is 50.5 Å². The Hall–Kier alpha value is 0.245. The Balaban J connectivity index is 2.94. The monoisotopic (exact) mass is 302 g/mol. The molecule has 0 aliphatic carbocycles. The topological polar surface area (TPSA) is 0 Å². The first-order chi connectivity index (χ1) is 5.91. The molecule has 1 aromatic rings. The normalized spacial score (nSPS) is 11.5. The highest BCUT2D eigenvalue weighted by atomic mass is 79.9. The first-order valence-electron chi connectivity index (χ1n) is 4.30. The van der Waals surface area contributed by atoms with Crippen LogP contribution in [0.2, 0.25) is 0 Å². The van der Waals surface area contributed by atoms with E-state index in [1.165, 1.54) is 11.0 Å². The lowest BCUT2D eigenvalue weighted by molar-refractivity contribution is 0.590. The Morgan fingerprint density at radius 2 is 1.46 bits per heavy atom. The van der Waals surface area contributed by atoms with E-state index in [-0.39, 0.29) is 9.78 Å². The van der Waals surface area contributed by atoms with Crippen molar-refractivity contribution < 1.29 is 0 Å². The van der Waals surface area contributed by atoms with E-state index in [1.54, 1.807) is 0 Å². The Morgan fingerprint density at radius 1 is 1.00 bits per heavy atom. The van der Waals surface area contributed by atoms with Crippen LogP contribution in [-0.2, 0) is 5.41 Å². The molecule has 0 N–H and O–H groups in total. The third-order valence-corrected chi connectivity index (χ3v) is 3.09. The molecule has 0 saturated heterocycles. The van der Waals surface area contributed by atoms with Gasteiger partial charge in [-0.25, -0.2) is 0 Å². The maximum absolute atomic E-state index is 3.47. The van der Waals surface area contributed by atoms with Crippen LogP contribution in [0.4, 0.5) is 0 Å². The van der Waals surface area contributed by atoms with Gasteiger partial charge in [0.1, 0.15) is 0 Å². The zero-order valence-corrected chi connectivity index (χ0v) is 11.3. The number of hydrogen-bond acceptors (Lipinski definition) is 0. The molecule has 0 heterocycles. The van der Waals surface area contributed by atoms with Crippen LogP contribution >= 0.6 is 31.5 Å². The van der Waals surface area contributed by atoms with Crippen LogP contribution in [0.3, 0.4) is 0 Å². The fourth-order valence-corrected chi connectivity index (χ4v) is 1.74. The predicted molar refractivity (Wildman–Crippen MR) is 68.4 cm³/mol. The molecule has 0 atom stereocenters. The first-order valence-corrected chi connectivity index (χ1v) is 6.13. The lowest BCUT2D eigenvalue weighted by Crippen LogP contribution is -2.18. The Labute approximate surface area is 97.1 Å². The van der Waals surface area contributed by atoms with Crippen LogP contribution < -0.4 is 5.46 Å². The van der Waals surface area contributed by atoms with Crippen molar-refractivity contribution in [3.63, 3.8) is 0 Å². The lowest BCUT2D eigenvalue weighted by atomic mass is 9.84. The van der Waals surface area contributed by atoms with Gasteiger partial charge >= 0.3 is 4.36 Å². The van der Waals surface area contributed by atoms with E-state index in [2.05, 4.69) is 76.6 Å². The summed E-state index contributed by atoms with van der Waals surface area (Å²) >= 11 is 6.95. The summed E-state index contributed by atoms with van der Waals surface area (Å²) in [4.78, 5) is 0. The second-order valence-corrected chi connectivity index (χ2v) is 7.23. The molecule has 0 spiro atoms. The first kappa shape index (κ1) is 11.3. The van der Waals surface area contributed by atoms with Crippen molar-refractivity contribution in [1.29, 1.82) is 0 Å². The summed E-state index contributed by atoms with van der Waals surface area (Å²) in [6, 6.07) is 8.67. The molecule has 70 valence electrons. The average molecular weight is 304 g/mol. The fraction of sp³-hybridized carbons (Fsp3) is 0.400. The molecule has 0 unspecified atom stereocenters. The lowest BCUT2D eigenvalue weighted by Gasteiger charge is -2.19. The van der Waals surface area contributed by atoms with Crippen molar-refractivity contribution in [3.05, 3.63) is 29.8 Å². The number of hydrogen-bond donors (Lipinski definition) is 0. The third kappa shape index (κ3) is 3.14. The van der Waals surface area contributed by atoms with E-state index in [0.717, 1.165) is 0 Å². The van der Waals surface area contributed by atoms with Gasteiger partial charge in [0.25, 0.3) is 0 Å². The van der Waals surface area contributed by atoms with Gasteiger partial charge in [-0.15, -0.1) is 31.5 Å². The van der Waals surface area contributed by atoms with Crippen molar-refractivity contribution in [2.75, 3.05) is 0 Å². The van der Waals surface area contributed by atoms with Gasteiger partial charge < -0.3 is 0 Å². The molecule has 0 aliphatic rings. The van der Waals surface area contributed by atoms with E-state index >= 15 is 0 Å². The average Bonchev–Trinajstić information content (AvgIpc) is 2.03. The summed E-state index contributed by atoms with van der Waals surface area (Å²) in [5, 5.41) is 0. The molecule has 1 aromatic carbocycles. The minimum absolute atomic E-state index is 0.243. The highest BCUT2D eigenvalue weighted by Crippen LogP contribution is 2.21. The van der Waals surface area contributed by atoms with Crippen LogP contribution in [0.1, 0.15) is 26.3 Å². The third-order valence-electron chi connectivity index (χ3n) is 2.03. The number of benzene rings is 1. The van der Waals surface area contributed by atoms with Crippen molar-refractivity contribution >= 4 is 41.3 Å². The summed E-state index contributed by atoms with van der Waals surface area (Å²) < 4.78 is 0.258. The molecule has 0 bridgehead atoms. The number of rotatable bonds is 1. The number of halogens is 2. The van der Waals surface area contributed by atoms with E-state index in [0.29, 0.717) is 0 Å². The zero-order chi connectivity index (χ0) is 10.1. The van der Waals surface area contributed by atoms with Gasteiger partial charge in [-0.2, -0.15) is 0 Å². The zero-order valence-electron chi connectivity index (χ0n) is 8.14. The molecule has 0 saturated carbocycles. The highest BCUT2D eigenvalue weighted by Gasteiger charge is 2.14. The summed E-state index contributed by atoms with van der Waals surface area (Å²) in [5.74, 6) is 0. The van der Waals surface area contributed by atoms with E-state index in [1.807, 2.05) is 0 Å². The van der Waals surface area contributed by atoms with Crippen molar-refractivity contribution in [2.45, 2.75) is 26.2 Å². The second-order valence-electron chi connectivity index (χ2n) is 4.17. The van der Waals surface area contributed by atoms with Gasteiger partial charge in [-0.3, -0.25) is 0 Å². The van der Waals surface area contributed by atoms with Crippen LogP contribution in [0.25, 0.3) is 0 Å². The molecule has 0 radical (unpaired) electrons. The molecular formula is C10H13BBr2. The molecular weight excluding hydrogens is 291 g/mol. The van der Waals surface area contributed by atoms with Gasteiger partial charge in [0.05, 0.1) is 0 Å². The van der Waals surface area contributed by atoms with Gasteiger partial charge in [0.2, 0.25) is 0 Å². The SMILES string of the molecule is CC(C)(C)c1ccc(B(Br)Br)cc1. The van der Waals surface area contributed by atoms with Crippen molar-refractivity contribution in [3.8, 4) is 0 Å². The smallest absolute Gasteiger partial charge is 0.132 e. The Morgan fingerprint density at radius 3 is 1.77 bits per heavy atom. The van der Waals surface area contributed by atoms with Gasteiger partial charge in [0.15, 0.2) is 0 Å². The second kappa shape index (κ2) is 4.18. The van der Waals surface area contributed by atoms with Gasteiger partial charge in [0, 0.05) is 0 Å². The molecule has 3 heteroatoms. The molecule has 0 aliphatic heterocycles. The highest BCUT2D eigenvalue weighted by molar-refractivity contribution is 9.49. The molecule has 0 fully saturated rings. The molecule has 13 heavy (non-hydrogen) atoms. The fourth-order valence-electron chi connectivity index (χ4n) is 1.13. The molecule has 1 rings (SSSR count).